The molecule has 0 atom stereocenters. The summed E-state index contributed by atoms with van der Waals surface area (Å²) >= 11 is 12.2. The van der Waals surface area contributed by atoms with Gasteiger partial charge in [-0.1, -0.05) is 29.3 Å². The molecule has 0 bridgehead atoms. The number of ether oxygens (including phenoxy) is 3. The van der Waals surface area contributed by atoms with Crippen molar-refractivity contribution in [3.05, 3.63) is 51.5 Å². The van der Waals surface area contributed by atoms with Gasteiger partial charge < -0.3 is 19.5 Å². The number of carbonyl (C=O) groups is 2. The van der Waals surface area contributed by atoms with Crippen LogP contribution in [-0.4, -0.2) is 33.2 Å². The number of methoxy groups -OCH3 is 3. The minimum Gasteiger partial charge on any atom is -0.493 e. The molecule has 2 rings (SSSR count). The quantitative estimate of drug-likeness (QED) is 0.684. The summed E-state index contributed by atoms with van der Waals surface area (Å²) in [5.41, 5.74) is 1.10. The first-order valence-electron chi connectivity index (χ1n) is 7.98. The van der Waals surface area contributed by atoms with Crippen LogP contribution >= 0.6 is 23.2 Å². The van der Waals surface area contributed by atoms with Crippen molar-refractivity contribution in [3.63, 3.8) is 0 Å². The highest BCUT2D eigenvalue weighted by atomic mass is 35.5. The maximum absolute atomic E-state index is 12.4. The maximum Gasteiger partial charge on any atom is 0.340 e. The molecule has 0 radical (unpaired) electrons. The third-order valence-electron chi connectivity index (χ3n) is 3.87. The topological polar surface area (TPSA) is 73.9 Å². The first-order valence-corrected chi connectivity index (χ1v) is 8.74. The van der Waals surface area contributed by atoms with E-state index in [4.69, 9.17) is 37.4 Å². The van der Waals surface area contributed by atoms with E-state index in [0.717, 1.165) is 0 Å². The monoisotopic (exact) mass is 411 g/mol. The van der Waals surface area contributed by atoms with Crippen molar-refractivity contribution in [2.24, 2.45) is 0 Å². The van der Waals surface area contributed by atoms with E-state index in [9.17, 15) is 9.59 Å². The van der Waals surface area contributed by atoms with Crippen LogP contribution in [0.2, 0.25) is 10.0 Å². The average molecular weight is 412 g/mol. The van der Waals surface area contributed by atoms with Gasteiger partial charge >= 0.3 is 5.97 Å². The number of hydrogen-bond acceptors (Lipinski definition) is 5. The van der Waals surface area contributed by atoms with Crippen LogP contribution in [0.4, 0.5) is 5.69 Å². The van der Waals surface area contributed by atoms with Crippen LogP contribution in [0.25, 0.3) is 0 Å². The highest BCUT2D eigenvalue weighted by Gasteiger charge is 2.19. The van der Waals surface area contributed by atoms with Gasteiger partial charge in [0.05, 0.1) is 32.6 Å². The van der Waals surface area contributed by atoms with Gasteiger partial charge in [-0.15, -0.1) is 0 Å². The molecule has 0 spiro atoms. The SMILES string of the molecule is COC(=O)c1cc(OC)c(OC)cc1NC(=O)CCc1c(Cl)cccc1Cl. The molecule has 2 aromatic carbocycles. The Labute approximate surface area is 167 Å². The van der Waals surface area contributed by atoms with E-state index in [0.29, 0.717) is 33.5 Å². The summed E-state index contributed by atoms with van der Waals surface area (Å²) in [6.45, 7) is 0. The zero-order valence-electron chi connectivity index (χ0n) is 15.1. The lowest BCUT2D eigenvalue weighted by molar-refractivity contribution is -0.116. The van der Waals surface area contributed by atoms with Gasteiger partial charge in [0.1, 0.15) is 0 Å². The summed E-state index contributed by atoms with van der Waals surface area (Å²) in [6, 6.07) is 8.12. The summed E-state index contributed by atoms with van der Waals surface area (Å²) in [6.07, 6.45) is 0.476. The van der Waals surface area contributed by atoms with E-state index >= 15 is 0 Å². The highest BCUT2D eigenvalue weighted by molar-refractivity contribution is 6.36. The van der Waals surface area contributed by atoms with Gasteiger partial charge in [-0.3, -0.25) is 4.79 Å². The predicted molar refractivity (Wildman–Crippen MR) is 104 cm³/mol. The van der Waals surface area contributed by atoms with Crippen LogP contribution in [0, 0.1) is 0 Å². The van der Waals surface area contributed by atoms with Crippen LogP contribution in [0.1, 0.15) is 22.3 Å². The molecule has 0 heterocycles. The molecule has 0 aromatic heterocycles. The van der Waals surface area contributed by atoms with E-state index in [1.54, 1.807) is 18.2 Å². The Morgan fingerprint density at radius 2 is 1.59 bits per heavy atom. The van der Waals surface area contributed by atoms with Crippen molar-refractivity contribution in [1.29, 1.82) is 0 Å². The second kappa shape index (κ2) is 9.48. The Balaban J connectivity index is 2.22. The molecule has 0 saturated heterocycles. The molecule has 0 unspecified atom stereocenters. The molecule has 0 fully saturated rings. The molecule has 1 amide bonds. The van der Waals surface area contributed by atoms with Crippen LogP contribution in [-0.2, 0) is 16.0 Å². The fourth-order valence-corrected chi connectivity index (χ4v) is 3.07. The predicted octanol–water partition coefficient (Wildman–Crippen LogP) is 4.37. The van der Waals surface area contributed by atoms with Crippen molar-refractivity contribution >= 4 is 40.8 Å². The Bertz CT molecular complexity index is 834. The zero-order chi connectivity index (χ0) is 20.0. The zero-order valence-corrected chi connectivity index (χ0v) is 16.6. The molecule has 8 heteroatoms. The number of halogens is 2. The number of rotatable bonds is 7. The lowest BCUT2D eigenvalue weighted by Crippen LogP contribution is -2.16. The lowest BCUT2D eigenvalue weighted by atomic mass is 10.1. The molecule has 1 N–H and O–H groups in total. The van der Waals surface area contributed by atoms with Crippen LogP contribution in [0.3, 0.4) is 0 Å². The molecule has 144 valence electrons. The minimum absolute atomic E-state index is 0.123. The number of nitrogens with one attached hydrogen (secondary N) is 1. The van der Waals surface area contributed by atoms with Crippen molar-refractivity contribution in [1.82, 2.24) is 0 Å². The van der Waals surface area contributed by atoms with E-state index < -0.39 is 5.97 Å². The normalized spacial score (nSPS) is 10.3. The van der Waals surface area contributed by atoms with Gasteiger partial charge in [0.25, 0.3) is 0 Å². The van der Waals surface area contributed by atoms with Crippen molar-refractivity contribution in [2.45, 2.75) is 12.8 Å². The summed E-state index contributed by atoms with van der Waals surface area (Å²) in [5, 5.41) is 3.69. The van der Waals surface area contributed by atoms with Crippen LogP contribution in [0.15, 0.2) is 30.3 Å². The molecule has 0 aliphatic rings. The molecule has 0 aliphatic heterocycles. The summed E-state index contributed by atoms with van der Waals surface area (Å²) in [4.78, 5) is 24.5. The Hall–Kier alpha value is -2.44. The molecular formula is C19H19Cl2NO5. The number of benzene rings is 2. The van der Waals surface area contributed by atoms with Crippen molar-refractivity contribution in [2.75, 3.05) is 26.6 Å². The standard InChI is InChI=1S/C19H19Cl2NO5/c1-25-16-9-12(19(24)27-3)15(10-17(16)26-2)22-18(23)8-7-11-13(20)5-4-6-14(11)21/h4-6,9-10H,7-8H2,1-3H3,(H,22,23). The molecular weight excluding hydrogens is 393 g/mol. The number of carbonyl (C=O) groups excluding carboxylic acids is 2. The molecule has 2 aromatic rings. The molecule has 0 aliphatic carbocycles. The average Bonchev–Trinajstić information content (AvgIpc) is 2.66. The fraction of sp³-hybridized carbons (Fsp3) is 0.263. The van der Waals surface area contributed by atoms with Gasteiger partial charge in [-0.2, -0.15) is 0 Å². The number of amides is 1. The first-order chi connectivity index (χ1) is 12.9. The lowest BCUT2D eigenvalue weighted by Gasteiger charge is -2.15. The number of anilines is 1. The van der Waals surface area contributed by atoms with Gasteiger partial charge in [-0.25, -0.2) is 4.79 Å². The molecule has 27 heavy (non-hydrogen) atoms. The van der Waals surface area contributed by atoms with Crippen molar-refractivity contribution < 1.29 is 23.8 Å². The first kappa shape index (κ1) is 20.9. The van der Waals surface area contributed by atoms with Crippen molar-refractivity contribution in [3.8, 4) is 11.5 Å². The Morgan fingerprint density at radius 3 is 2.15 bits per heavy atom. The largest absolute Gasteiger partial charge is 0.493 e. The minimum atomic E-state index is -0.611. The number of esters is 1. The summed E-state index contributed by atoms with van der Waals surface area (Å²) < 4.78 is 15.2. The Morgan fingerprint density at radius 1 is 1.00 bits per heavy atom. The van der Waals surface area contributed by atoms with E-state index in [1.165, 1.54) is 33.5 Å². The van der Waals surface area contributed by atoms with E-state index in [1.807, 2.05) is 0 Å². The van der Waals surface area contributed by atoms with Gasteiger partial charge in [-0.05, 0) is 24.1 Å². The highest BCUT2D eigenvalue weighted by Crippen LogP contribution is 2.34. The molecule has 6 nitrogen and oxygen atoms in total. The molecule has 0 saturated carbocycles. The maximum atomic E-state index is 12.4. The number of hydrogen-bond donors (Lipinski definition) is 1. The van der Waals surface area contributed by atoms with Gasteiger partial charge in [0.15, 0.2) is 11.5 Å². The second-order valence-corrected chi connectivity index (χ2v) is 6.31. The summed E-state index contributed by atoms with van der Waals surface area (Å²) in [5.74, 6) is -0.211. The summed E-state index contributed by atoms with van der Waals surface area (Å²) in [7, 11) is 4.16. The van der Waals surface area contributed by atoms with Crippen LogP contribution < -0.4 is 14.8 Å². The van der Waals surface area contributed by atoms with E-state index in [-0.39, 0.29) is 23.6 Å². The smallest absolute Gasteiger partial charge is 0.340 e. The third-order valence-corrected chi connectivity index (χ3v) is 4.58. The van der Waals surface area contributed by atoms with Crippen LogP contribution in [0.5, 0.6) is 11.5 Å². The van der Waals surface area contributed by atoms with Gasteiger partial charge in [0.2, 0.25) is 5.91 Å². The second-order valence-electron chi connectivity index (χ2n) is 5.49. The third kappa shape index (κ3) is 5.05. The van der Waals surface area contributed by atoms with E-state index in [2.05, 4.69) is 5.32 Å². The Kier molecular flexibility index (Phi) is 7.33. The van der Waals surface area contributed by atoms with Gasteiger partial charge in [0, 0.05) is 28.6 Å². The fourth-order valence-electron chi connectivity index (χ4n) is 2.48.